The van der Waals surface area contributed by atoms with Crippen molar-refractivity contribution in [1.82, 2.24) is 16.2 Å². The Hall–Kier alpha value is -4.06. The molecular formula is C18H17N5O4. The number of benzene rings is 2. The molecule has 0 saturated heterocycles. The van der Waals surface area contributed by atoms with E-state index >= 15 is 0 Å². The lowest BCUT2D eigenvalue weighted by Crippen LogP contribution is -2.48. The maximum absolute atomic E-state index is 11.7. The van der Waals surface area contributed by atoms with Gasteiger partial charge in [0.05, 0.1) is 5.56 Å². The molecule has 4 amide bonds. The molecule has 0 aliphatic heterocycles. The molecule has 138 valence electrons. The van der Waals surface area contributed by atoms with Crippen molar-refractivity contribution in [3.8, 4) is 11.8 Å². The van der Waals surface area contributed by atoms with E-state index in [4.69, 9.17) is 10.00 Å². The molecule has 27 heavy (non-hydrogen) atoms. The molecule has 0 bridgehead atoms. The van der Waals surface area contributed by atoms with E-state index in [0.29, 0.717) is 11.3 Å². The summed E-state index contributed by atoms with van der Waals surface area (Å²) >= 11 is 0. The molecular weight excluding hydrogens is 350 g/mol. The molecule has 0 aliphatic carbocycles. The summed E-state index contributed by atoms with van der Waals surface area (Å²) in [5.74, 6) is -0.977. The molecule has 0 aliphatic rings. The molecule has 0 aromatic heterocycles. The topological polar surface area (TPSA) is 132 Å². The van der Waals surface area contributed by atoms with Crippen LogP contribution in [0.4, 0.5) is 10.5 Å². The fourth-order valence-corrected chi connectivity index (χ4v) is 1.91. The maximum atomic E-state index is 11.7. The Labute approximate surface area is 155 Å². The normalized spacial score (nSPS) is 9.44. The second-order valence-corrected chi connectivity index (χ2v) is 5.17. The van der Waals surface area contributed by atoms with Gasteiger partial charge in [-0.15, -0.1) is 0 Å². The van der Waals surface area contributed by atoms with Gasteiger partial charge in [0.1, 0.15) is 18.4 Å². The number of hydrazine groups is 1. The van der Waals surface area contributed by atoms with Crippen molar-refractivity contribution in [2.75, 3.05) is 18.5 Å². The highest BCUT2D eigenvalue weighted by Crippen LogP contribution is 2.15. The average molecular weight is 367 g/mol. The van der Waals surface area contributed by atoms with Crippen LogP contribution in [0.3, 0.4) is 0 Å². The van der Waals surface area contributed by atoms with Gasteiger partial charge in [0.2, 0.25) is 0 Å². The van der Waals surface area contributed by atoms with Crippen LogP contribution in [0.15, 0.2) is 54.6 Å². The summed E-state index contributed by atoms with van der Waals surface area (Å²) in [6.07, 6.45) is 0. The predicted octanol–water partition coefficient (Wildman–Crippen LogP) is 0.906. The van der Waals surface area contributed by atoms with E-state index in [9.17, 15) is 14.4 Å². The van der Waals surface area contributed by atoms with E-state index in [1.54, 1.807) is 48.5 Å². The molecule has 4 N–H and O–H groups in total. The van der Waals surface area contributed by atoms with Crippen molar-refractivity contribution < 1.29 is 19.1 Å². The minimum absolute atomic E-state index is 0.265. The first-order chi connectivity index (χ1) is 13.1. The third-order valence-corrected chi connectivity index (χ3v) is 3.15. The highest BCUT2D eigenvalue weighted by molar-refractivity contribution is 5.92. The Kier molecular flexibility index (Phi) is 7.17. The maximum Gasteiger partial charge on any atom is 0.319 e. The lowest BCUT2D eigenvalue weighted by Gasteiger charge is -2.10. The van der Waals surface area contributed by atoms with Gasteiger partial charge in [-0.05, 0) is 24.3 Å². The highest BCUT2D eigenvalue weighted by atomic mass is 16.5. The number of amides is 4. The van der Waals surface area contributed by atoms with Crippen LogP contribution in [0.5, 0.6) is 5.75 Å². The first kappa shape index (κ1) is 19.3. The van der Waals surface area contributed by atoms with Gasteiger partial charge in [0.25, 0.3) is 11.8 Å². The van der Waals surface area contributed by atoms with Crippen molar-refractivity contribution in [2.24, 2.45) is 0 Å². The van der Waals surface area contributed by atoms with E-state index in [1.165, 1.54) is 0 Å². The van der Waals surface area contributed by atoms with Gasteiger partial charge >= 0.3 is 6.03 Å². The number of hydrogen-bond donors (Lipinski definition) is 4. The number of carbonyl (C=O) groups is 3. The Bertz CT molecular complexity index is 848. The fraction of sp³-hybridized carbons (Fsp3) is 0.111. The smallest absolute Gasteiger partial charge is 0.319 e. The number of nitrogens with one attached hydrogen (secondary N) is 4. The molecule has 2 rings (SSSR count). The van der Waals surface area contributed by atoms with Gasteiger partial charge in [0, 0.05) is 5.69 Å². The largest absolute Gasteiger partial charge is 0.482 e. The minimum atomic E-state index is -0.621. The second kappa shape index (κ2) is 10.0. The van der Waals surface area contributed by atoms with Gasteiger partial charge in [-0.2, -0.15) is 5.26 Å². The summed E-state index contributed by atoms with van der Waals surface area (Å²) in [6.45, 7) is -0.724. The Morgan fingerprint density at radius 3 is 2.33 bits per heavy atom. The summed E-state index contributed by atoms with van der Waals surface area (Å²) in [5.41, 5.74) is 5.16. The molecule has 0 atom stereocenters. The van der Waals surface area contributed by atoms with E-state index in [0.717, 1.165) is 0 Å². The quantitative estimate of drug-likeness (QED) is 0.563. The molecule has 0 fully saturated rings. The van der Waals surface area contributed by atoms with Crippen LogP contribution >= 0.6 is 0 Å². The van der Waals surface area contributed by atoms with E-state index in [1.807, 2.05) is 12.1 Å². The number of anilines is 1. The molecule has 0 heterocycles. The molecule has 2 aromatic carbocycles. The van der Waals surface area contributed by atoms with Gasteiger partial charge in [-0.1, -0.05) is 30.3 Å². The predicted molar refractivity (Wildman–Crippen MR) is 96.4 cm³/mol. The first-order valence-electron chi connectivity index (χ1n) is 7.88. The Morgan fingerprint density at radius 1 is 0.926 bits per heavy atom. The molecule has 0 saturated carbocycles. The van der Waals surface area contributed by atoms with Crippen LogP contribution in [0.25, 0.3) is 0 Å². The van der Waals surface area contributed by atoms with Gasteiger partial charge in [-0.3, -0.25) is 20.4 Å². The summed E-state index contributed by atoms with van der Waals surface area (Å²) < 4.78 is 5.22. The zero-order chi connectivity index (χ0) is 19.5. The lowest BCUT2D eigenvalue weighted by molar-refractivity contribution is -0.129. The molecule has 9 nitrogen and oxygen atoms in total. The third kappa shape index (κ3) is 6.75. The van der Waals surface area contributed by atoms with Crippen LogP contribution in [0, 0.1) is 11.3 Å². The van der Waals surface area contributed by atoms with E-state index in [2.05, 4.69) is 21.5 Å². The number of nitriles is 1. The van der Waals surface area contributed by atoms with Crippen molar-refractivity contribution >= 4 is 23.5 Å². The van der Waals surface area contributed by atoms with Gasteiger partial charge < -0.3 is 15.4 Å². The number of para-hydroxylation sites is 2. The monoisotopic (exact) mass is 367 g/mol. The van der Waals surface area contributed by atoms with Crippen molar-refractivity contribution in [2.45, 2.75) is 0 Å². The molecule has 9 heteroatoms. The number of hydrogen-bond acceptors (Lipinski definition) is 5. The number of carbonyl (C=O) groups excluding carboxylic acids is 3. The molecule has 0 spiro atoms. The molecule has 0 radical (unpaired) electrons. The number of ether oxygens (including phenoxy) is 1. The summed E-state index contributed by atoms with van der Waals surface area (Å²) in [7, 11) is 0. The van der Waals surface area contributed by atoms with Gasteiger partial charge in [-0.25, -0.2) is 4.79 Å². The molecule has 0 unspecified atom stereocenters. The van der Waals surface area contributed by atoms with Crippen molar-refractivity contribution in [3.05, 3.63) is 60.2 Å². The summed E-state index contributed by atoms with van der Waals surface area (Å²) in [4.78, 5) is 34.9. The van der Waals surface area contributed by atoms with Crippen LogP contribution < -0.4 is 26.2 Å². The number of urea groups is 1. The fourth-order valence-electron chi connectivity index (χ4n) is 1.91. The Balaban J connectivity index is 1.65. The van der Waals surface area contributed by atoms with Crippen molar-refractivity contribution in [3.63, 3.8) is 0 Å². The lowest BCUT2D eigenvalue weighted by atomic mass is 10.2. The van der Waals surface area contributed by atoms with Crippen molar-refractivity contribution in [1.29, 1.82) is 5.26 Å². The number of nitrogens with zero attached hydrogens (tertiary/aromatic N) is 1. The van der Waals surface area contributed by atoms with Crippen LogP contribution in [-0.2, 0) is 9.59 Å². The van der Waals surface area contributed by atoms with Crippen LogP contribution in [0.2, 0.25) is 0 Å². The average Bonchev–Trinajstić information content (AvgIpc) is 2.70. The van der Waals surface area contributed by atoms with Gasteiger partial charge in [0.15, 0.2) is 6.61 Å². The number of rotatable bonds is 6. The SMILES string of the molecule is N#Cc1ccccc1OCC(=O)NNC(=O)CNC(=O)Nc1ccccc1. The Morgan fingerprint density at radius 2 is 1.59 bits per heavy atom. The first-order valence-corrected chi connectivity index (χ1v) is 7.88. The van der Waals surface area contributed by atoms with Crippen LogP contribution in [0.1, 0.15) is 5.56 Å². The van der Waals surface area contributed by atoms with Crippen LogP contribution in [-0.4, -0.2) is 31.0 Å². The summed E-state index contributed by atoms with van der Waals surface area (Å²) in [6, 6.07) is 16.6. The molecule has 2 aromatic rings. The minimum Gasteiger partial charge on any atom is -0.482 e. The second-order valence-electron chi connectivity index (χ2n) is 5.17. The van der Waals surface area contributed by atoms with E-state index < -0.39 is 17.8 Å². The summed E-state index contributed by atoms with van der Waals surface area (Å²) in [5, 5.41) is 13.8. The zero-order valence-electron chi connectivity index (χ0n) is 14.2. The van der Waals surface area contributed by atoms with E-state index in [-0.39, 0.29) is 18.9 Å². The zero-order valence-corrected chi connectivity index (χ0v) is 14.2. The third-order valence-electron chi connectivity index (χ3n) is 3.15. The highest BCUT2D eigenvalue weighted by Gasteiger charge is 2.09. The standard InChI is InChI=1S/C18H17N5O4/c19-10-13-6-4-5-9-15(13)27-12-17(25)23-22-16(24)11-20-18(26)21-14-7-2-1-3-8-14/h1-9H,11-12H2,(H,22,24)(H,23,25)(H2,20,21,26).